The van der Waals surface area contributed by atoms with Crippen molar-refractivity contribution < 1.29 is 23.8 Å². The van der Waals surface area contributed by atoms with Gasteiger partial charge in [-0.05, 0) is 12.1 Å². The predicted molar refractivity (Wildman–Crippen MR) is 72.4 cm³/mol. The maximum Gasteiger partial charge on any atom is 0.349 e. The highest BCUT2D eigenvalue weighted by molar-refractivity contribution is 5.93. The molecule has 1 amide bonds. The van der Waals surface area contributed by atoms with Crippen molar-refractivity contribution in [3.8, 4) is 5.75 Å². The molecule has 5 nitrogen and oxygen atoms in total. The monoisotopic (exact) mass is 289 g/mol. The van der Waals surface area contributed by atoms with Crippen LogP contribution in [0.25, 0.3) is 0 Å². The van der Waals surface area contributed by atoms with Crippen molar-refractivity contribution >= 4 is 11.9 Å². The van der Waals surface area contributed by atoms with Gasteiger partial charge >= 0.3 is 5.97 Å². The zero-order valence-electron chi connectivity index (χ0n) is 10.8. The molecular weight excluding hydrogens is 277 g/mol. The van der Waals surface area contributed by atoms with E-state index >= 15 is 0 Å². The molecule has 2 rings (SSSR count). The van der Waals surface area contributed by atoms with E-state index in [0.717, 1.165) is 12.1 Å². The van der Waals surface area contributed by atoms with Crippen LogP contribution < -0.4 is 10.5 Å². The van der Waals surface area contributed by atoms with Gasteiger partial charge in [0.15, 0.2) is 0 Å². The molecule has 6 heteroatoms. The van der Waals surface area contributed by atoms with Crippen molar-refractivity contribution in [2.24, 2.45) is 5.73 Å². The lowest BCUT2D eigenvalue weighted by Gasteiger charge is -2.15. The lowest BCUT2D eigenvalue weighted by Crippen LogP contribution is -2.18. The van der Waals surface area contributed by atoms with Crippen LogP contribution in [-0.2, 0) is 4.79 Å². The van der Waals surface area contributed by atoms with E-state index in [1.165, 1.54) is 6.07 Å². The van der Waals surface area contributed by atoms with Gasteiger partial charge in [-0.1, -0.05) is 30.3 Å². The summed E-state index contributed by atoms with van der Waals surface area (Å²) < 4.78 is 18.9. The summed E-state index contributed by atoms with van der Waals surface area (Å²) >= 11 is 0. The summed E-state index contributed by atoms with van der Waals surface area (Å²) in [5.41, 5.74) is 5.13. The third-order valence-corrected chi connectivity index (χ3v) is 2.79. The van der Waals surface area contributed by atoms with Crippen LogP contribution in [0.4, 0.5) is 4.39 Å². The van der Waals surface area contributed by atoms with Gasteiger partial charge in [-0.3, -0.25) is 4.79 Å². The van der Waals surface area contributed by atoms with Gasteiger partial charge < -0.3 is 15.6 Å². The number of hydrogen-bond donors (Lipinski definition) is 2. The van der Waals surface area contributed by atoms with Crippen LogP contribution in [0.3, 0.4) is 0 Å². The van der Waals surface area contributed by atoms with Crippen molar-refractivity contribution in [1.29, 1.82) is 0 Å². The third-order valence-electron chi connectivity index (χ3n) is 2.79. The first-order chi connectivity index (χ1) is 9.99. The van der Waals surface area contributed by atoms with Crippen molar-refractivity contribution in [3.05, 3.63) is 65.5 Å². The molecule has 0 bridgehead atoms. The molecule has 108 valence electrons. The number of carboxylic acid groups (broad SMARTS) is 1. The number of nitrogens with two attached hydrogens (primary N) is 1. The second kappa shape index (κ2) is 6.04. The lowest BCUT2D eigenvalue weighted by molar-refractivity contribution is -0.145. The molecule has 0 spiro atoms. The summed E-state index contributed by atoms with van der Waals surface area (Å²) in [6, 6.07) is 11.6. The Hall–Kier alpha value is -2.89. The van der Waals surface area contributed by atoms with Gasteiger partial charge in [0.05, 0.1) is 5.56 Å². The molecule has 0 aliphatic carbocycles. The number of aliphatic carboxylic acids is 1. The minimum absolute atomic E-state index is 0.00578. The maximum atomic E-state index is 13.6. The van der Waals surface area contributed by atoms with E-state index in [4.69, 9.17) is 10.5 Å². The number of benzene rings is 2. The minimum Gasteiger partial charge on any atom is -0.478 e. The van der Waals surface area contributed by atoms with Crippen LogP contribution in [0.15, 0.2) is 48.5 Å². The Morgan fingerprint density at radius 2 is 1.81 bits per heavy atom. The quantitative estimate of drug-likeness (QED) is 0.882. The summed E-state index contributed by atoms with van der Waals surface area (Å²) in [6.07, 6.45) is -1.27. The largest absolute Gasteiger partial charge is 0.478 e. The normalized spacial score (nSPS) is 11.7. The number of halogens is 1. The van der Waals surface area contributed by atoms with Gasteiger partial charge in [-0.15, -0.1) is 0 Å². The van der Waals surface area contributed by atoms with Gasteiger partial charge in [0.25, 0.3) is 5.91 Å². The summed E-state index contributed by atoms with van der Waals surface area (Å²) in [6.45, 7) is 0. The average molecular weight is 289 g/mol. The molecule has 3 N–H and O–H groups in total. The molecule has 0 saturated carbocycles. The van der Waals surface area contributed by atoms with E-state index in [1.807, 2.05) is 0 Å². The van der Waals surface area contributed by atoms with Gasteiger partial charge in [-0.25, -0.2) is 9.18 Å². The SMILES string of the molecule is NC(=O)c1ccc(OC(C(=O)O)c2ccccc2)cc1F. The number of primary amides is 1. The van der Waals surface area contributed by atoms with Gasteiger partial charge in [0.2, 0.25) is 6.10 Å². The Labute approximate surface area is 119 Å². The van der Waals surface area contributed by atoms with Crippen LogP contribution in [0.2, 0.25) is 0 Å². The van der Waals surface area contributed by atoms with E-state index in [1.54, 1.807) is 30.3 Å². The van der Waals surface area contributed by atoms with Crippen molar-refractivity contribution in [3.63, 3.8) is 0 Å². The molecule has 2 aromatic carbocycles. The predicted octanol–water partition coefficient (Wildman–Crippen LogP) is 2.13. The Bertz CT molecular complexity index is 673. The van der Waals surface area contributed by atoms with Crippen LogP contribution in [0, 0.1) is 5.82 Å². The van der Waals surface area contributed by atoms with Gasteiger partial charge in [-0.2, -0.15) is 0 Å². The van der Waals surface area contributed by atoms with Crippen LogP contribution in [0.5, 0.6) is 5.75 Å². The van der Waals surface area contributed by atoms with E-state index in [-0.39, 0.29) is 11.3 Å². The van der Waals surface area contributed by atoms with E-state index in [0.29, 0.717) is 5.56 Å². The second-order valence-electron chi connectivity index (χ2n) is 4.25. The second-order valence-corrected chi connectivity index (χ2v) is 4.25. The molecule has 0 radical (unpaired) electrons. The molecule has 0 fully saturated rings. The number of hydrogen-bond acceptors (Lipinski definition) is 3. The minimum atomic E-state index is -1.27. The Morgan fingerprint density at radius 1 is 1.14 bits per heavy atom. The smallest absolute Gasteiger partial charge is 0.349 e. The third kappa shape index (κ3) is 3.36. The van der Waals surface area contributed by atoms with E-state index in [2.05, 4.69) is 0 Å². The number of amides is 1. The van der Waals surface area contributed by atoms with Crippen LogP contribution in [0.1, 0.15) is 22.0 Å². The average Bonchev–Trinajstić information content (AvgIpc) is 2.45. The summed E-state index contributed by atoms with van der Waals surface area (Å²) in [5.74, 6) is -2.98. The number of ether oxygens (including phenoxy) is 1. The topological polar surface area (TPSA) is 89.6 Å². The van der Waals surface area contributed by atoms with Crippen LogP contribution >= 0.6 is 0 Å². The van der Waals surface area contributed by atoms with E-state index in [9.17, 15) is 19.1 Å². The van der Waals surface area contributed by atoms with Gasteiger partial charge in [0.1, 0.15) is 11.6 Å². The lowest BCUT2D eigenvalue weighted by atomic mass is 10.1. The summed E-state index contributed by atoms with van der Waals surface area (Å²) in [5, 5.41) is 9.21. The fraction of sp³-hybridized carbons (Fsp3) is 0.0667. The fourth-order valence-corrected chi connectivity index (χ4v) is 1.79. The van der Waals surface area contributed by atoms with Crippen molar-refractivity contribution in [1.82, 2.24) is 0 Å². The molecule has 21 heavy (non-hydrogen) atoms. The molecule has 2 aromatic rings. The highest BCUT2D eigenvalue weighted by Crippen LogP contribution is 2.24. The van der Waals surface area contributed by atoms with Crippen molar-refractivity contribution in [2.75, 3.05) is 0 Å². The molecule has 0 aliphatic heterocycles. The molecule has 1 atom stereocenters. The number of carboxylic acids is 1. The first-order valence-corrected chi connectivity index (χ1v) is 6.03. The van der Waals surface area contributed by atoms with E-state index < -0.39 is 23.8 Å². The van der Waals surface area contributed by atoms with Crippen molar-refractivity contribution in [2.45, 2.75) is 6.10 Å². The molecule has 0 saturated heterocycles. The molecular formula is C15H12FNO4. The summed E-state index contributed by atoms with van der Waals surface area (Å²) in [4.78, 5) is 22.2. The number of carbonyl (C=O) groups is 2. The highest BCUT2D eigenvalue weighted by atomic mass is 19.1. The first-order valence-electron chi connectivity index (χ1n) is 6.03. The Balaban J connectivity index is 2.28. The Morgan fingerprint density at radius 3 is 2.33 bits per heavy atom. The highest BCUT2D eigenvalue weighted by Gasteiger charge is 2.22. The standard InChI is InChI=1S/C15H12FNO4/c16-12-8-10(6-7-11(12)14(17)18)21-13(15(19)20)9-4-2-1-3-5-9/h1-8,13H,(H2,17,18)(H,19,20). The molecule has 0 aliphatic rings. The molecule has 1 unspecified atom stereocenters. The summed E-state index contributed by atoms with van der Waals surface area (Å²) in [7, 11) is 0. The molecule has 0 heterocycles. The number of carbonyl (C=O) groups excluding carboxylic acids is 1. The zero-order chi connectivity index (χ0) is 15.4. The molecule has 0 aromatic heterocycles. The first kappa shape index (κ1) is 14.5. The fourth-order valence-electron chi connectivity index (χ4n) is 1.79. The number of rotatable bonds is 5. The zero-order valence-corrected chi connectivity index (χ0v) is 10.8. The van der Waals surface area contributed by atoms with Gasteiger partial charge in [0, 0.05) is 11.6 Å². The van der Waals surface area contributed by atoms with Crippen LogP contribution in [-0.4, -0.2) is 17.0 Å². The maximum absolute atomic E-state index is 13.6. The Kier molecular flexibility index (Phi) is 4.18.